The van der Waals surface area contributed by atoms with E-state index in [0.717, 1.165) is 16.7 Å². The molecule has 0 aromatic heterocycles. The lowest BCUT2D eigenvalue weighted by molar-refractivity contribution is 0.475. The maximum Gasteiger partial charge on any atom is 0.240 e. The fourth-order valence-corrected chi connectivity index (χ4v) is 4.90. The summed E-state index contributed by atoms with van der Waals surface area (Å²) in [6.45, 7) is 0.186. The molecule has 0 aliphatic carbocycles. The van der Waals surface area contributed by atoms with Crippen molar-refractivity contribution in [2.45, 2.75) is 17.0 Å². The first-order chi connectivity index (χ1) is 16.0. The van der Waals surface area contributed by atoms with Gasteiger partial charge in [-0.05, 0) is 41.0 Å². The lowest BCUT2D eigenvalue weighted by atomic mass is 9.96. The second-order valence-corrected chi connectivity index (χ2v) is 9.89. The lowest BCUT2D eigenvalue weighted by Gasteiger charge is -2.27. The summed E-state index contributed by atoms with van der Waals surface area (Å²) in [7, 11) is -3.69. The fourth-order valence-electron chi connectivity index (χ4n) is 3.73. The van der Waals surface area contributed by atoms with Crippen LogP contribution < -0.4 is 10.0 Å². The first-order valence-electron chi connectivity index (χ1n) is 10.7. The molecule has 4 nitrogen and oxygen atoms in total. The van der Waals surface area contributed by atoms with Crippen LogP contribution in [0, 0.1) is 0 Å². The van der Waals surface area contributed by atoms with Gasteiger partial charge in [0.25, 0.3) is 0 Å². The molecule has 4 aromatic carbocycles. The average Bonchev–Trinajstić information content (AvgIpc) is 2.86. The number of sulfonamides is 1. The monoisotopic (exact) mass is 476 g/mol. The largest absolute Gasteiger partial charge is 0.298 e. The molecule has 0 aliphatic heterocycles. The van der Waals surface area contributed by atoms with Crippen LogP contribution in [0.5, 0.6) is 0 Å². The van der Waals surface area contributed by atoms with Crippen LogP contribution in [-0.2, 0) is 10.0 Å². The molecule has 1 atom stereocenters. The summed E-state index contributed by atoms with van der Waals surface area (Å²) in [5.41, 5.74) is 3.20. The minimum Gasteiger partial charge on any atom is -0.298 e. The Morgan fingerprint density at radius 2 is 1.09 bits per heavy atom. The first kappa shape index (κ1) is 23.2. The molecule has 0 unspecified atom stereocenters. The third kappa shape index (κ3) is 6.09. The highest BCUT2D eigenvalue weighted by molar-refractivity contribution is 7.89. The maximum atomic E-state index is 12.9. The quantitative estimate of drug-likeness (QED) is 0.324. The Balaban J connectivity index is 1.63. The van der Waals surface area contributed by atoms with E-state index in [9.17, 15) is 8.42 Å². The van der Waals surface area contributed by atoms with Gasteiger partial charge in [0.15, 0.2) is 0 Å². The first-order valence-corrected chi connectivity index (χ1v) is 12.6. The number of halogens is 1. The van der Waals surface area contributed by atoms with Crippen molar-refractivity contribution in [2.75, 3.05) is 6.54 Å². The summed E-state index contributed by atoms with van der Waals surface area (Å²) < 4.78 is 28.6. The summed E-state index contributed by atoms with van der Waals surface area (Å²) >= 11 is 5.92. The van der Waals surface area contributed by atoms with Crippen LogP contribution in [0.15, 0.2) is 120 Å². The topological polar surface area (TPSA) is 58.2 Å². The maximum absolute atomic E-state index is 12.9. The smallest absolute Gasteiger partial charge is 0.240 e. The van der Waals surface area contributed by atoms with Gasteiger partial charge in [-0.3, -0.25) is 5.32 Å². The van der Waals surface area contributed by atoms with Crippen LogP contribution in [0.4, 0.5) is 0 Å². The zero-order valence-corrected chi connectivity index (χ0v) is 19.5. The van der Waals surface area contributed by atoms with Gasteiger partial charge in [-0.15, -0.1) is 0 Å². The van der Waals surface area contributed by atoms with Crippen molar-refractivity contribution in [1.29, 1.82) is 0 Å². The third-order valence-corrected chi connectivity index (χ3v) is 7.13. The Morgan fingerprint density at radius 3 is 1.58 bits per heavy atom. The number of hydrogen-bond acceptors (Lipinski definition) is 3. The number of hydrogen-bond donors (Lipinski definition) is 2. The third-order valence-electron chi connectivity index (χ3n) is 5.44. The van der Waals surface area contributed by atoms with E-state index in [1.165, 1.54) is 12.1 Å². The molecule has 4 aromatic rings. The molecule has 4 rings (SSSR count). The van der Waals surface area contributed by atoms with Gasteiger partial charge in [0, 0.05) is 17.6 Å². The van der Waals surface area contributed by atoms with Crippen molar-refractivity contribution in [2.24, 2.45) is 0 Å². The van der Waals surface area contributed by atoms with Gasteiger partial charge in [-0.25, -0.2) is 13.1 Å². The molecular weight excluding hydrogens is 452 g/mol. The van der Waals surface area contributed by atoms with Crippen LogP contribution in [0.25, 0.3) is 0 Å². The van der Waals surface area contributed by atoms with Crippen molar-refractivity contribution in [3.8, 4) is 0 Å². The molecule has 33 heavy (non-hydrogen) atoms. The summed E-state index contributed by atoms with van der Waals surface area (Å²) in [6, 6.07) is 35.9. The van der Waals surface area contributed by atoms with E-state index in [0.29, 0.717) is 5.02 Å². The van der Waals surface area contributed by atoms with Crippen LogP contribution in [0.3, 0.4) is 0 Å². The van der Waals surface area contributed by atoms with E-state index in [2.05, 4.69) is 34.3 Å². The number of benzene rings is 4. The highest BCUT2D eigenvalue weighted by Gasteiger charge is 2.22. The SMILES string of the molecule is O=S(=O)(NC[C@@H](NC(c1ccccc1)c1ccccc1)c1ccccc1)c1ccc(Cl)cc1. The van der Waals surface area contributed by atoms with Crippen molar-refractivity contribution in [3.05, 3.63) is 137 Å². The Morgan fingerprint density at radius 1 is 0.636 bits per heavy atom. The Hall–Kier alpha value is -2.96. The van der Waals surface area contributed by atoms with E-state index in [1.54, 1.807) is 12.1 Å². The van der Waals surface area contributed by atoms with E-state index in [-0.39, 0.29) is 23.5 Å². The second-order valence-electron chi connectivity index (χ2n) is 7.69. The molecule has 168 valence electrons. The van der Waals surface area contributed by atoms with E-state index < -0.39 is 10.0 Å². The summed E-state index contributed by atoms with van der Waals surface area (Å²) in [4.78, 5) is 0.182. The Bertz CT molecular complexity index is 1210. The van der Waals surface area contributed by atoms with Crippen molar-refractivity contribution >= 4 is 21.6 Å². The van der Waals surface area contributed by atoms with Crippen molar-refractivity contribution in [3.63, 3.8) is 0 Å². The van der Waals surface area contributed by atoms with Crippen LogP contribution >= 0.6 is 11.6 Å². The predicted molar refractivity (Wildman–Crippen MR) is 134 cm³/mol. The van der Waals surface area contributed by atoms with E-state index >= 15 is 0 Å². The van der Waals surface area contributed by atoms with Gasteiger partial charge in [-0.1, -0.05) is 103 Å². The molecule has 0 fully saturated rings. The van der Waals surface area contributed by atoms with Gasteiger partial charge in [0.05, 0.1) is 10.9 Å². The minimum atomic E-state index is -3.69. The molecule has 0 saturated carbocycles. The highest BCUT2D eigenvalue weighted by atomic mass is 35.5. The number of rotatable bonds is 9. The molecular formula is C27H25ClN2O2S. The second kappa shape index (κ2) is 10.8. The summed E-state index contributed by atoms with van der Waals surface area (Å²) in [6.07, 6.45) is 0. The lowest BCUT2D eigenvalue weighted by Crippen LogP contribution is -2.37. The summed E-state index contributed by atoms with van der Waals surface area (Å²) in [5.74, 6) is 0. The van der Waals surface area contributed by atoms with Crippen molar-refractivity contribution < 1.29 is 8.42 Å². The predicted octanol–water partition coefficient (Wildman–Crippen LogP) is 5.74. The highest BCUT2D eigenvalue weighted by Crippen LogP contribution is 2.26. The van der Waals surface area contributed by atoms with Gasteiger partial charge in [-0.2, -0.15) is 0 Å². The molecule has 0 amide bonds. The molecule has 0 bridgehead atoms. The molecule has 0 saturated heterocycles. The Kier molecular flexibility index (Phi) is 7.57. The molecule has 0 heterocycles. The Labute approximate surface area is 200 Å². The van der Waals surface area contributed by atoms with Gasteiger partial charge in [0.1, 0.15) is 0 Å². The zero-order valence-electron chi connectivity index (χ0n) is 17.9. The van der Waals surface area contributed by atoms with Crippen LogP contribution in [-0.4, -0.2) is 15.0 Å². The zero-order chi connectivity index (χ0) is 23.1. The van der Waals surface area contributed by atoms with E-state index in [4.69, 9.17) is 11.6 Å². The number of nitrogens with one attached hydrogen (secondary N) is 2. The average molecular weight is 477 g/mol. The van der Waals surface area contributed by atoms with Gasteiger partial charge >= 0.3 is 0 Å². The molecule has 0 aliphatic rings. The molecule has 6 heteroatoms. The fraction of sp³-hybridized carbons (Fsp3) is 0.111. The van der Waals surface area contributed by atoms with Gasteiger partial charge < -0.3 is 0 Å². The van der Waals surface area contributed by atoms with Crippen LogP contribution in [0.2, 0.25) is 5.02 Å². The van der Waals surface area contributed by atoms with Gasteiger partial charge in [0.2, 0.25) is 10.0 Å². The standard InChI is InChI=1S/C27H25ClN2O2S/c28-24-16-18-25(19-17-24)33(31,32)29-20-26(21-10-4-1-5-11-21)30-27(22-12-6-2-7-13-22)23-14-8-3-9-15-23/h1-19,26-27,29-30H,20H2/t26-/m1/s1. The normalized spacial score (nSPS) is 12.5. The molecule has 2 N–H and O–H groups in total. The van der Waals surface area contributed by atoms with Crippen LogP contribution in [0.1, 0.15) is 28.8 Å². The molecule has 0 radical (unpaired) electrons. The molecule has 0 spiro atoms. The van der Waals surface area contributed by atoms with E-state index in [1.807, 2.05) is 66.7 Å². The summed E-state index contributed by atoms with van der Waals surface area (Å²) in [5, 5.41) is 4.18. The minimum absolute atomic E-state index is 0.113. The van der Waals surface area contributed by atoms with Crippen molar-refractivity contribution in [1.82, 2.24) is 10.0 Å².